The molecule has 0 bridgehead atoms. The van der Waals surface area contributed by atoms with Gasteiger partial charge in [0.1, 0.15) is 48.6 Å². The van der Waals surface area contributed by atoms with Crippen LogP contribution in [0.1, 0.15) is 44.7 Å². The normalized spacial score (nSPS) is 24.4. The minimum Gasteiger partial charge on any atom is -0.464 e. The third-order valence-corrected chi connectivity index (χ3v) is 6.02. The Kier molecular flexibility index (Phi) is 6.83. The van der Waals surface area contributed by atoms with Gasteiger partial charge in [-0.1, -0.05) is 26.2 Å². The summed E-state index contributed by atoms with van der Waals surface area (Å²) in [5, 5.41) is 35.9. The van der Waals surface area contributed by atoms with Gasteiger partial charge in [0.2, 0.25) is 5.60 Å². The summed E-state index contributed by atoms with van der Waals surface area (Å²) in [6, 6.07) is 6.93. The van der Waals surface area contributed by atoms with Gasteiger partial charge < -0.3 is 29.8 Å². The van der Waals surface area contributed by atoms with Crippen molar-refractivity contribution in [2.75, 3.05) is 12.3 Å². The van der Waals surface area contributed by atoms with Crippen LogP contribution in [-0.2, 0) is 19.9 Å². The zero-order valence-electron chi connectivity index (χ0n) is 18.8. The molecule has 4 heterocycles. The second-order valence-corrected chi connectivity index (χ2v) is 8.26. The van der Waals surface area contributed by atoms with Gasteiger partial charge in [-0.3, -0.25) is 4.79 Å². The van der Waals surface area contributed by atoms with E-state index in [9.17, 15) is 20.3 Å². The fraction of sp³-hybridized carbons (Fsp3) is 0.478. The lowest BCUT2D eigenvalue weighted by atomic mass is 9.92. The van der Waals surface area contributed by atoms with E-state index in [-0.39, 0.29) is 24.5 Å². The molecule has 0 radical (unpaired) electrons. The second kappa shape index (κ2) is 9.80. The molecular formula is C23H27N5O6. The average Bonchev–Trinajstić information content (AvgIpc) is 3.55. The Morgan fingerprint density at radius 2 is 2.21 bits per heavy atom. The number of aliphatic hydroxyl groups excluding tert-OH is 2. The number of unbranched alkanes of at least 4 members (excludes halogenated alkanes) is 3. The number of nitrogen functional groups attached to an aromatic ring is 1. The first-order valence-electron chi connectivity index (χ1n) is 11.2. The van der Waals surface area contributed by atoms with Gasteiger partial charge in [-0.25, -0.2) is 9.50 Å². The first kappa shape index (κ1) is 23.7. The highest BCUT2D eigenvalue weighted by Gasteiger charge is 2.58. The van der Waals surface area contributed by atoms with Crippen LogP contribution in [0.25, 0.3) is 16.8 Å². The number of aromatic nitrogens is 3. The molecule has 4 N–H and O–H groups in total. The number of nitriles is 1. The predicted octanol–water partition coefficient (Wildman–Crippen LogP) is 1.92. The molecule has 4 rings (SSSR count). The van der Waals surface area contributed by atoms with E-state index in [1.165, 1.54) is 17.1 Å². The number of anilines is 1. The minimum atomic E-state index is -2.01. The topological polar surface area (TPSA) is 169 Å². The van der Waals surface area contributed by atoms with E-state index in [1.807, 2.05) is 6.07 Å². The first-order chi connectivity index (χ1) is 16.4. The van der Waals surface area contributed by atoms with Gasteiger partial charge in [0.15, 0.2) is 5.82 Å². The van der Waals surface area contributed by atoms with E-state index in [1.54, 1.807) is 18.2 Å². The maximum absolute atomic E-state index is 12.1. The number of ether oxygens (including phenoxy) is 2. The Morgan fingerprint density at radius 3 is 2.91 bits per heavy atom. The fourth-order valence-corrected chi connectivity index (χ4v) is 4.21. The zero-order valence-corrected chi connectivity index (χ0v) is 18.8. The molecule has 3 aromatic heterocycles. The number of fused-ring (bicyclic) bond motifs is 1. The van der Waals surface area contributed by atoms with Gasteiger partial charge in [-0.05, 0) is 24.6 Å². The number of aliphatic hydroxyl groups is 2. The van der Waals surface area contributed by atoms with Crippen LogP contribution in [0, 0.1) is 11.3 Å². The molecule has 1 aliphatic rings. The number of esters is 1. The summed E-state index contributed by atoms with van der Waals surface area (Å²) >= 11 is 0. The van der Waals surface area contributed by atoms with Crippen molar-refractivity contribution >= 4 is 17.3 Å². The molecule has 4 atom stereocenters. The molecule has 11 heteroatoms. The number of hydrogen-bond acceptors (Lipinski definition) is 10. The predicted molar refractivity (Wildman–Crippen MR) is 119 cm³/mol. The lowest BCUT2D eigenvalue weighted by Crippen LogP contribution is -2.41. The van der Waals surface area contributed by atoms with Gasteiger partial charge in [0.05, 0.1) is 12.0 Å². The van der Waals surface area contributed by atoms with Crippen molar-refractivity contribution in [3.05, 3.63) is 36.5 Å². The summed E-state index contributed by atoms with van der Waals surface area (Å²) in [7, 11) is 0. The molecule has 0 amide bonds. The number of nitrogens with zero attached hydrogens (tertiary/aromatic N) is 4. The number of carbonyl (C=O) groups is 1. The van der Waals surface area contributed by atoms with E-state index in [0.29, 0.717) is 23.3 Å². The smallest absolute Gasteiger partial charge is 0.305 e. The molecule has 180 valence electrons. The number of hydrogen-bond donors (Lipinski definition) is 3. The van der Waals surface area contributed by atoms with Crippen molar-refractivity contribution in [2.45, 2.75) is 62.9 Å². The molecule has 0 aromatic carbocycles. The minimum absolute atomic E-state index is 0.127. The van der Waals surface area contributed by atoms with Gasteiger partial charge >= 0.3 is 5.97 Å². The highest BCUT2D eigenvalue weighted by atomic mass is 16.6. The second-order valence-electron chi connectivity index (χ2n) is 8.26. The number of rotatable bonds is 9. The molecule has 0 unspecified atom stereocenters. The largest absolute Gasteiger partial charge is 0.464 e. The van der Waals surface area contributed by atoms with Crippen LogP contribution in [0.5, 0.6) is 0 Å². The number of furan rings is 1. The van der Waals surface area contributed by atoms with E-state index < -0.39 is 29.9 Å². The van der Waals surface area contributed by atoms with Crippen LogP contribution in [0.4, 0.5) is 5.82 Å². The highest BCUT2D eigenvalue weighted by molar-refractivity contribution is 5.86. The standard InChI is InChI=1S/C23H27N5O6/c1-2-3-4-5-8-18(29)33-11-16-20(30)21(31)23(12-24,34-16)17-10-14(15-7-6-9-32-15)19-22(25)26-13-27-28(17)19/h6-7,9-10,13,16,20-21,30-31H,2-5,8,11H2,1H3,(H2,25,26,27)/t16-,20-,21-,23+/m1/s1. The lowest BCUT2D eigenvalue weighted by Gasteiger charge is -2.24. The van der Waals surface area contributed by atoms with Gasteiger partial charge in [-0.15, -0.1) is 0 Å². The van der Waals surface area contributed by atoms with Crippen molar-refractivity contribution in [2.24, 2.45) is 0 Å². The van der Waals surface area contributed by atoms with E-state index in [4.69, 9.17) is 19.6 Å². The first-order valence-corrected chi connectivity index (χ1v) is 11.2. The molecule has 0 saturated carbocycles. The third kappa shape index (κ3) is 4.11. The Bertz CT molecular complexity index is 1190. The van der Waals surface area contributed by atoms with Crippen LogP contribution < -0.4 is 5.73 Å². The number of nitrogens with two attached hydrogens (primary N) is 1. The fourth-order valence-electron chi connectivity index (χ4n) is 4.21. The zero-order chi connectivity index (χ0) is 24.3. The molecule has 34 heavy (non-hydrogen) atoms. The van der Waals surface area contributed by atoms with E-state index in [2.05, 4.69) is 17.0 Å². The van der Waals surface area contributed by atoms with E-state index >= 15 is 0 Å². The quantitative estimate of drug-likeness (QED) is 0.311. The highest BCUT2D eigenvalue weighted by Crippen LogP contribution is 2.43. The average molecular weight is 469 g/mol. The Labute approximate surface area is 195 Å². The summed E-state index contributed by atoms with van der Waals surface area (Å²) in [6.45, 7) is 1.77. The molecular weight excluding hydrogens is 442 g/mol. The number of carbonyl (C=O) groups excluding carboxylic acids is 1. The van der Waals surface area contributed by atoms with Crippen LogP contribution in [0.3, 0.4) is 0 Å². The summed E-state index contributed by atoms with van der Waals surface area (Å²) < 4.78 is 18.0. The monoisotopic (exact) mass is 469 g/mol. The SMILES string of the molecule is CCCCCCC(=O)OC[C@H]1O[C@@](C#N)(c2cc(-c3ccco3)c3c(N)ncnn23)[C@H](O)[C@@H]1O. The maximum Gasteiger partial charge on any atom is 0.305 e. The molecule has 3 aromatic rings. The Hall–Kier alpha value is -3.46. The van der Waals surface area contributed by atoms with Crippen LogP contribution in [0.15, 0.2) is 35.2 Å². The van der Waals surface area contributed by atoms with Gasteiger partial charge in [0.25, 0.3) is 0 Å². The summed E-state index contributed by atoms with van der Waals surface area (Å²) in [6.07, 6.45) is 2.41. The van der Waals surface area contributed by atoms with E-state index in [0.717, 1.165) is 19.3 Å². The summed E-state index contributed by atoms with van der Waals surface area (Å²) in [5.41, 5.74) is 5.05. The summed E-state index contributed by atoms with van der Waals surface area (Å²) in [4.78, 5) is 16.1. The van der Waals surface area contributed by atoms with Crippen molar-refractivity contribution in [3.8, 4) is 17.4 Å². The molecule has 11 nitrogen and oxygen atoms in total. The van der Waals surface area contributed by atoms with Crippen LogP contribution in [0.2, 0.25) is 0 Å². The maximum atomic E-state index is 12.1. The third-order valence-electron chi connectivity index (χ3n) is 6.02. The molecule has 1 saturated heterocycles. The molecule has 0 spiro atoms. The van der Waals surface area contributed by atoms with Crippen molar-refractivity contribution in [1.82, 2.24) is 14.6 Å². The van der Waals surface area contributed by atoms with Crippen molar-refractivity contribution < 1.29 is 28.9 Å². The van der Waals surface area contributed by atoms with Crippen LogP contribution >= 0.6 is 0 Å². The van der Waals surface area contributed by atoms with Crippen LogP contribution in [-0.4, -0.2) is 55.7 Å². The van der Waals surface area contributed by atoms with Gasteiger partial charge in [-0.2, -0.15) is 10.4 Å². The lowest BCUT2D eigenvalue weighted by molar-refractivity contribution is -0.150. The summed E-state index contributed by atoms with van der Waals surface area (Å²) in [5.74, 6) is 0.145. The van der Waals surface area contributed by atoms with Crippen molar-refractivity contribution in [1.29, 1.82) is 5.26 Å². The Morgan fingerprint density at radius 1 is 1.38 bits per heavy atom. The molecule has 1 aliphatic heterocycles. The molecule has 1 fully saturated rings. The van der Waals surface area contributed by atoms with Crippen molar-refractivity contribution in [3.63, 3.8) is 0 Å². The molecule has 0 aliphatic carbocycles. The Balaban J connectivity index is 1.62. The van der Waals surface area contributed by atoms with Gasteiger partial charge in [0, 0.05) is 12.0 Å².